The molecule has 1 fully saturated rings. The van der Waals surface area contributed by atoms with Crippen molar-refractivity contribution in [1.29, 1.82) is 0 Å². The number of esters is 1. The average molecular weight is 215 g/mol. The Kier molecular flexibility index (Phi) is 3.28. The lowest BCUT2D eigenvalue weighted by atomic mass is 10.2. The van der Waals surface area contributed by atoms with E-state index in [0.29, 0.717) is 6.42 Å². The fourth-order valence-corrected chi connectivity index (χ4v) is 1.31. The Hall–Kier alpha value is -1.59. The van der Waals surface area contributed by atoms with Gasteiger partial charge in [0, 0.05) is 0 Å². The molecule has 0 heterocycles. The van der Waals surface area contributed by atoms with Crippen LogP contribution in [0.3, 0.4) is 0 Å². The van der Waals surface area contributed by atoms with Crippen molar-refractivity contribution in [3.05, 3.63) is 0 Å². The van der Waals surface area contributed by atoms with E-state index in [1.165, 1.54) is 14.0 Å². The first-order chi connectivity index (χ1) is 6.97. The number of hydrogen-bond acceptors (Lipinski definition) is 4. The monoisotopic (exact) mass is 215 g/mol. The van der Waals surface area contributed by atoms with Gasteiger partial charge < -0.3 is 15.2 Å². The Morgan fingerprint density at radius 2 is 2.00 bits per heavy atom. The van der Waals surface area contributed by atoms with Crippen molar-refractivity contribution < 1.29 is 24.2 Å². The maximum Gasteiger partial charge on any atom is 0.328 e. The molecule has 0 unspecified atom stereocenters. The zero-order valence-electron chi connectivity index (χ0n) is 8.52. The number of rotatable bonds is 4. The SMILES string of the molecule is COC(=O)[C@H](C)NC(=O)[C@@H]1C[C@@H]1C(=O)O. The van der Waals surface area contributed by atoms with Gasteiger partial charge in [0.05, 0.1) is 18.9 Å². The van der Waals surface area contributed by atoms with Gasteiger partial charge in [0.2, 0.25) is 5.91 Å². The topological polar surface area (TPSA) is 92.7 Å². The van der Waals surface area contributed by atoms with Crippen LogP contribution >= 0.6 is 0 Å². The van der Waals surface area contributed by atoms with Crippen molar-refractivity contribution in [2.45, 2.75) is 19.4 Å². The highest BCUT2D eigenvalue weighted by atomic mass is 16.5. The first-order valence-corrected chi connectivity index (χ1v) is 4.58. The lowest BCUT2D eigenvalue weighted by Gasteiger charge is -2.10. The Balaban J connectivity index is 2.38. The molecule has 15 heavy (non-hydrogen) atoms. The minimum atomic E-state index is -0.971. The van der Waals surface area contributed by atoms with Crippen molar-refractivity contribution in [3.8, 4) is 0 Å². The lowest BCUT2D eigenvalue weighted by molar-refractivity contribution is -0.144. The van der Waals surface area contributed by atoms with Gasteiger partial charge in [-0.05, 0) is 13.3 Å². The van der Waals surface area contributed by atoms with Crippen molar-refractivity contribution in [3.63, 3.8) is 0 Å². The largest absolute Gasteiger partial charge is 0.481 e. The van der Waals surface area contributed by atoms with Crippen LogP contribution in [0.2, 0.25) is 0 Å². The van der Waals surface area contributed by atoms with Crippen LogP contribution in [0.1, 0.15) is 13.3 Å². The average Bonchev–Trinajstić information content (AvgIpc) is 2.95. The summed E-state index contributed by atoms with van der Waals surface area (Å²) >= 11 is 0. The second-order valence-electron chi connectivity index (χ2n) is 3.54. The molecule has 0 aliphatic heterocycles. The van der Waals surface area contributed by atoms with E-state index in [2.05, 4.69) is 10.1 Å². The quantitative estimate of drug-likeness (QED) is 0.610. The number of aliphatic carboxylic acids is 1. The van der Waals surface area contributed by atoms with E-state index in [0.717, 1.165) is 0 Å². The maximum absolute atomic E-state index is 11.4. The first kappa shape index (κ1) is 11.5. The molecule has 1 saturated carbocycles. The maximum atomic E-state index is 11.4. The summed E-state index contributed by atoms with van der Waals surface area (Å²) < 4.78 is 4.42. The number of methoxy groups -OCH3 is 1. The van der Waals surface area contributed by atoms with Crippen LogP contribution in [-0.2, 0) is 19.1 Å². The van der Waals surface area contributed by atoms with Gasteiger partial charge in [0.1, 0.15) is 6.04 Å². The Labute approximate surface area is 86.6 Å². The van der Waals surface area contributed by atoms with Gasteiger partial charge in [-0.1, -0.05) is 0 Å². The molecular formula is C9H13NO5. The van der Waals surface area contributed by atoms with E-state index in [9.17, 15) is 14.4 Å². The number of carboxylic acids is 1. The number of carboxylic acid groups (broad SMARTS) is 1. The summed E-state index contributed by atoms with van der Waals surface area (Å²) in [5.41, 5.74) is 0. The Morgan fingerprint density at radius 3 is 2.40 bits per heavy atom. The summed E-state index contributed by atoms with van der Waals surface area (Å²) in [4.78, 5) is 32.8. The molecule has 1 aliphatic rings. The van der Waals surface area contributed by atoms with E-state index in [-0.39, 0.29) is 0 Å². The summed E-state index contributed by atoms with van der Waals surface area (Å²) in [6.07, 6.45) is 0.342. The number of carbonyl (C=O) groups is 3. The predicted octanol–water partition coefficient (Wildman–Crippen LogP) is -0.615. The van der Waals surface area contributed by atoms with Crippen LogP contribution in [0, 0.1) is 11.8 Å². The molecule has 0 aromatic heterocycles. The molecule has 0 aromatic rings. The Morgan fingerprint density at radius 1 is 1.40 bits per heavy atom. The minimum Gasteiger partial charge on any atom is -0.481 e. The van der Waals surface area contributed by atoms with Gasteiger partial charge >= 0.3 is 11.9 Å². The third-order valence-electron chi connectivity index (χ3n) is 2.36. The molecule has 0 bridgehead atoms. The summed E-state index contributed by atoms with van der Waals surface area (Å²) in [5.74, 6) is -3.03. The zero-order valence-corrected chi connectivity index (χ0v) is 8.52. The molecule has 2 N–H and O–H groups in total. The van der Waals surface area contributed by atoms with Gasteiger partial charge in [-0.3, -0.25) is 9.59 Å². The molecule has 1 rings (SSSR count). The van der Waals surface area contributed by atoms with E-state index in [1.807, 2.05) is 0 Å². The van der Waals surface area contributed by atoms with Gasteiger partial charge in [-0.25, -0.2) is 4.79 Å². The van der Waals surface area contributed by atoms with Crippen LogP contribution < -0.4 is 5.32 Å². The molecule has 6 heteroatoms. The molecule has 0 saturated heterocycles. The van der Waals surface area contributed by atoms with Gasteiger partial charge in [0.15, 0.2) is 0 Å². The minimum absolute atomic E-state index is 0.342. The number of hydrogen-bond donors (Lipinski definition) is 2. The highest BCUT2D eigenvalue weighted by Gasteiger charge is 2.48. The van der Waals surface area contributed by atoms with Crippen molar-refractivity contribution in [2.75, 3.05) is 7.11 Å². The molecule has 0 radical (unpaired) electrons. The smallest absolute Gasteiger partial charge is 0.328 e. The van der Waals surface area contributed by atoms with Crippen LogP contribution in [0.25, 0.3) is 0 Å². The fourth-order valence-electron chi connectivity index (χ4n) is 1.31. The van der Waals surface area contributed by atoms with Crippen LogP contribution in [0.15, 0.2) is 0 Å². The van der Waals surface area contributed by atoms with Gasteiger partial charge in [0.25, 0.3) is 0 Å². The van der Waals surface area contributed by atoms with E-state index < -0.39 is 35.7 Å². The number of ether oxygens (including phenoxy) is 1. The third-order valence-corrected chi connectivity index (χ3v) is 2.36. The normalized spacial score (nSPS) is 25.2. The first-order valence-electron chi connectivity index (χ1n) is 4.58. The van der Waals surface area contributed by atoms with Crippen LogP contribution in [0.5, 0.6) is 0 Å². The highest BCUT2D eigenvalue weighted by Crippen LogP contribution is 2.38. The van der Waals surface area contributed by atoms with Gasteiger partial charge in [-0.2, -0.15) is 0 Å². The summed E-state index contributed by atoms with van der Waals surface area (Å²) in [6.45, 7) is 1.49. The molecule has 3 atom stereocenters. The molecule has 0 spiro atoms. The second-order valence-corrected chi connectivity index (χ2v) is 3.54. The van der Waals surface area contributed by atoms with Crippen LogP contribution in [-0.4, -0.2) is 36.1 Å². The lowest BCUT2D eigenvalue weighted by Crippen LogP contribution is -2.40. The molecular weight excluding hydrogens is 202 g/mol. The molecule has 1 aliphatic carbocycles. The predicted molar refractivity (Wildman–Crippen MR) is 48.9 cm³/mol. The van der Waals surface area contributed by atoms with E-state index in [1.54, 1.807) is 0 Å². The number of amides is 1. The summed E-state index contributed by atoms with van der Waals surface area (Å²) in [5, 5.41) is 11.0. The van der Waals surface area contributed by atoms with E-state index in [4.69, 9.17) is 5.11 Å². The summed E-state index contributed by atoms with van der Waals surface area (Å²) in [6, 6.07) is -0.738. The summed E-state index contributed by atoms with van der Waals surface area (Å²) in [7, 11) is 1.22. The van der Waals surface area contributed by atoms with Crippen LogP contribution in [0.4, 0.5) is 0 Å². The standard InChI is InChI=1S/C9H13NO5/c1-4(9(14)15-2)10-7(11)5-3-6(5)8(12)13/h4-6H,3H2,1-2H3,(H,10,11)(H,12,13)/t4-,5+,6-/m0/s1. The zero-order chi connectivity index (χ0) is 11.6. The van der Waals surface area contributed by atoms with E-state index >= 15 is 0 Å². The second kappa shape index (κ2) is 4.29. The molecule has 1 amide bonds. The fraction of sp³-hybridized carbons (Fsp3) is 0.667. The molecule has 84 valence electrons. The molecule has 0 aromatic carbocycles. The van der Waals surface area contributed by atoms with Crippen molar-refractivity contribution in [1.82, 2.24) is 5.32 Å². The van der Waals surface area contributed by atoms with Crippen molar-refractivity contribution in [2.24, 2.45) is 11.8 Å². The highest BCUT2D eigenvalue weighted by molar-refractivity contribution is 5.91. The van der Waals surface area contributed by atoms with Crippen molar-refractivity contribution >= 4 is 17.8 Å². The molecule has 6 nitrogen and oxygen atoms in total. The number of carbonyl (C=O) groups excluding carboxylic acids is 2. The number of nitrogens with one attached hydrogen (secondary N) is 1. The third kappa shape index (κ3) is 2.68. The van der Waals surface area contributed by atoms with Gasteiger partial charge in [-0.15, -0.1) is 0 Å². The Bertz CT molecular complexity index is 301.